The normalized spacial score (nSPS) is 10.1. The van der Waals surface area contributed by atoms with Crippen molar-refractivity contribution in [3.8, 4) is 0 Å². The number of hydrogen-bond acceptors (Lipinski definition) is 5. The highest BCUT2D eigenvalue weighted by Crippen LogP contribution is 2.30. The molecule has 0 spiro atoms. The molecule has 98 valence electrons. The Morgan fingerprint density at radius 2 is 2.05 bits per heavy atom. The van der Waals surface area contributed by atoms with Crippen LogP contribution in [0.1, 0.15) is 10.5 Å². The second kappa shape index (κ2) is 5.96. The summed E-state index contributed by atoms with van der Waals surface area (Å²) in [5, 5.41) is 10.6. The fourth-order valence-electron chi connectivity index (χ4n) is 1.32. The Kier molecular flexibility index (Phi) is 4.31. The number of carbonyl (C=O) groups excluding carboxylic acids is 1. The van der Waals surface area contributed by atoms with Crippen LogP contribution in [-0.2, 0) is 0 Å². The van der Waals surface area contributed by atoms with Gasteiger partial charge in [0.25, 0.3) is 5.91 Å². The van der Waals surface area contributed by atoms with Crippen LogP contribution in [0.5, 0.6) is 0 Å². The maximum atomic E-state index is 11.9. The van der Waals surface area contributed by atoms with Crippen LogP contribution in [0.4, 0.5) is 11.5 Å². The Morgan fingerprint density at radius 1 is 1.26 bits per heavy atom. The van der Waals surface area contributed by atoms with E-state index in [4.69, 9.17) is 17.4 Å². The van der Waals surface area contributed by atoms with Gasteiger partial charge >= 0.3 is 0 Å². The molecule has 0 aliphatic carbocycles. The molecule has 2 aromatic rings. The summed E-state index contributed by atoms with van der Waals surface area (Å²) >= 11 is 9.23. The summed E-state index contributed by atoms with van der Waals surface area (Å²) in [6.07, 6.45) is 0. The molecular formula is C11H9BrClN5O. The van der Waals surface area contributed by atoms with Gasteiger partial charge in [-0.3, -0.25) is 4.79 Å². The average Bonchev–Trinajstić information content (AvgIpc) is 2.44. The van der Waals surface area contributed by atoms with Crippen LogP contribution in [-0.4, -0.2) is 16.1 Å². The van der Waals surface area contributed by atoms with Crippen LogP contribution < -0.4 is 16.6 Å². The van der Waals surface area contributed by atoms with Crippen molar-refractivity contribution in [2.45, 2.75) is 0 Å². The SMILES string of the molecule is NNc1ccc(C(=O)Nc2cccc(Cl)c2Br)nn1. The second-order valence-corrected chi connectivity index (χ2v) is 4.70. The first kappa shape index (κ1) is 13.7. The number of hydrogen-bond donors (Lipinski definition) is 3. The third kappa shape index (κ3) is 3.19. The van der Waals surface area contributed by atoms with Crippen molar-refractivity contribution in [1.82, 2.24) is 10.2 Å². The molecular weight excluding hydrogens is 334 g/mol. The molecule has 1 aromatic carbocycles. The first-order valence-electron chi connectivity index (χ1n) is 5.17. The number of carbonyl (C=O) groups is 1. The van der Waals surface area contributed by atoms with Gasteiger partial charge in [-0.15, -0.1) is 10.2 Å². The summed E-state index contributed by atoms with van der Waals surface area (Å²) < 4.78 is 0.609. The number of halogens is 2. The van der Waals surface area contributed by atoms with E-state index in [-0.39, 0.29) is 11.6 Å². The van der Waals surface area contributed by atoms with E-state index >= 15 is 0 Å². The van der Waals surface area contributed by atoms with Crippen LogP contribution in [0, 0.1) is 0 Å². The van der Waals surface area contributed by atoms with Crippen molar-refractivity contribution < 1.29 is 4.79 Å². The summed E-state index contributed by atoms with van der Waals surface area (Å²) in [6.45, 7) is 0. The van der Waals surface area contributed by atoms with Crippen LogP contribution in [0.3, 0.4) is 0 Å². The number of benzene rings is 1. The molecule has 0 aliphatic heterocycles. The third-order valence-electron chi connectivity index (χ3n) is 2.24. The van der Waals surface area contributed by atoms with Gasteiger partial charge in [0.1, 0.15) is 0 Å². The third-order valence-corrected chi connectivity index (χ3v) is 3.64. The van der Waals surface area contributed by atoms with Crippen LogP contribution in [0.25, 0.3) is 0 Å². The van der Waals surface area contributed by atoms with Gasteiger partial charge in [-0.1, -0.05) is 17.7 Å². The molecule has 1 amide bonds. The monoisotopic (exact) mass is 341 g/mol. The minimum absolute atomic E-state index is 0.172. The summed E-state index contributed by atoms with van der Waals surface area (Å²) in [6, 6.07) is 8.22. The molecule has 0 saturated carbocycles. The molecule has 8 heteroatoms. The van der Waals surface area contributed by atoms with Crippen molar-refractivity contribution >= 4 is 44.9 Å². The van der Waals surface area contributed by atoms with Gasteiger partial charge in [0.05, 0.1) is 15.2 Å². The maximum Gasteiger partial charge on any atom is 0.276 e. The molecule has 1 aromatic heterocycles. The highest BCUT2D eigenvalue weighted by atomic mass is 79.9. The first-order chi connectivity index (χ1) is 9.11. The van der Waals surface area contributed by atoms with Crippen molar-refractivity contribution in [3.63, 3.8) is 0 Å². The highest BCUT2D eigenvalue weighted by Gasteiger charge is 2.11. The molecule has 19 heavy (non-hydrogen) atoms. The van der Waals surface area contributed by atoms with Gasteiger partial charge in [0.15, 0.2) is 11.5 Å². The Hall–Kier alpha value is -1.70. The Labute approximate surface area is 122 Å². The smallest absolute Gasteiger partial charge is 0.276 e. The zero-order valence-corrected chi connectivity index (χ0v) is 11.9. The lowest BCUT2D eigenvalue weighted by molar-refractivity contribution is 0.102. The van der Waals surface area contributed by atoms with Gasteiger partial charge in [-0.25, -0.2) is 5.84 Å². The van der Waals surface area contributed by atoms with Crippen molar-refractivity contribution in [2.75, 3.05) is 10.7 Å². The minimum Gasteiger partial charge on any atom is -0.319 e. The van der Waals surface area contributed by atoms with Crippen LogP contribution in [0.15, 0.2) is 34.8 Å². The van der Waals surface area contributed by atoms with E-state index in [1.165, 1.54) is 6.07 Å². The van der Waals surface area contributed by atoms with Crippen LogP contribution in [0.2, 0.25) is 5.02 Å². The van der Waals surface area contributed by atoms with E-state index in [0.717, 1.165) is 0 Å². The molecule has 0 saturated heterocycles. The first-order valence-corrected chi connectivity index (χ1v) is 6.34. The maximum absolute atomic E-state index is 11.9. The average molecular weight is 343 g/mol. The molecule has 0 radical (unpaired) electrons. The molecule has 0 atom stereocenters. The van der Waals surface area contributed by atoms with E-state index in [2.05, 4.69) is 36.9 Å². The number of nitrogen functional groups attached to an aromatic ring is 1. The van der Waals surface area contributed by atoms with E-state index in [9.17, 15) is 4.79 Å². The summed E-state index contributed by atoms with van der Waals surface area (Å²) in [5.74, 6) is 5.15. The van der Waals surface area contributed by atoms with Gasteiger partial charge in [0.2, 0.25) is 0 Å². The highest BCUT2D eigenvalue weighted by molar-refractivity contribution is 9.10. The second-order valence-electron chi connectivity index (χ2n) is 3.50. The van der Waals surface area contributed by atoms with Crippen molar-refractivity contribution in [1.29, 1.82) is 0 Å². The van der Waals surface area contributed by atoms with E-state index < -0.39 is 0 Å². The van der Waals surface area contributed by atoms with E-state index in [1.54, 1.807) is 24.3 Å². The summed E-state index contributed by atoms with van der Waals surface area (Å²) in [4.78, 5) is 11.9. The number of rotatable bonds is 3. The quantitative estimate of drug-likeness (QED) is 0.588. The predicted octanol–water partition coefficient (Wildman–Crippen LogP) is 2.43. The minimum atomic E-state index is -0.390. The number of nitrogens with one attached hydrogen (secondary N) is 2. The van der Waals surface area contributed by atoms with E-state index in [0.29, 0.717) is 21.0 Å². The number of amides is 1. The van der Waals surface area contributed by atoms with Gasteiger partial charge < -0.3 is 10.7 Å². The predicted molar refractivity (Wildman–Crippen MR) is 76.9 cm³/mol. The van der Waals surface area contributed by atoms with Gasteiger partial charge in [-0.2, -0.15) is 0 Å². The zero-order chi connectivity index (χ0) is 13.8. The molecule has 6 nitrogen and oxygen atoms in total. The fraction of sp³-hybridized carbons (Fsp3) is 0. The molecule has 0 aliphatic rings. The van der Waals surface area contributed by atoms with Crippen LogP contribution >= 0.6 is 27.5 Å². The lowest BCUT2D eigenvalue weighted by Crippen LogP contribution is -2.16. The Morgan fingerprint density at radius 3 is 2.68 bits per heavy atom. The lowest BCUT2D eigenvalue weighted by atomic mass is 10.3. The van der Waals surface area contributed by atoms with E-state index in [1.807, 2.05) is 0 Å². The summed E-state index contributed by atoms with van der Waals surface area (Å²) in [5.41, 5.74) is 3.06. The van der Waals surface area contributed by atoms with Crippen molar-refractivity contribution in [2.24, 2.45) is 5.84 Å². The van der Waals surface area contributed by atoms with Gasteiger partial charge in [0, 0.05) is 0 Å². The van der Waals surface area contributed by atoms with Crippen molar-refractivity contribution in [3.05, 3.63) is 45.5 Å². The standard InChI is InChI=1S/C11H9BrClN5O/c12-10-6(13)2-1-3-7(10)15-11(19)8-4-5-9(16-14)18-17-8/h1-5H,14H2,(H,15,19)(H,16,18). The number of hydrazine groups is 1. The van der Waals surface area contributed by atoms with Gasteiger partial charge in [-0.05, 0) is 40.2 Å². The number of aromatic nitrogens is 2. The Bertz CT molecular complexity index is 605. The molecule has 0 bridgehead atoms. The largest absolute Gasteiger partial charge is 0.319 e. The zero-order valence-electron chi connectivity index (χ0n) is 9.52. The number of nitrogens with two attached hydrogens (primary N) is 1. The molecule has 1 heterocycles. The Balaban J connectivity index is 2.18. The molecule has 0 fully saturated rings. The number of anilines is 2. The lowest BCUT2D eigenvalue weighted by Gasteiger charge is -2.07. The molecule has 2 rings (SSSR count). The molecule has 4 N–H and O–H groups in total. The summed E-state index contributed by atoms with van der Waals surface area (Å²) in [7, 11) is 0. The fourth-order valence-corrected chi connectivity index (χ4v) is 1.86. The number of nitrogens with zero attached hydrogens (tertiary/aromatic N) is 2. The topological polar surface area (TPSA) is 92.9 Å². The molecule has 0 unspecified atom stereocenters.